The number of benzene rings is 1. The van der Waals surface area contributed by atoms with Crippen LogP contribution in [0.25, 0.3) is 0 Å². The van der Waals surface area contributed by atoms with Crippen molar-refractivity contribution >= 4 is 42.1 Å². The van der Waals surface area contributed by atoms with E-state index in [0.29, 0.717) is 16.6 Å². The van der Waals surface area contributed by atoms with E-state index in [1.54, 1.807) is 24.3 Å². The van der Waals surface area contributed by atoms with Gasteiger partial charge >= 0.3 is 0 Å². The molecule has 0 unspecified atom stereocenters. The van der Waals surface area contributed by atoms with E-state index in [9.17, 15) is 10.1 Å². The molecule has 1 aromatic carbocycles. The van der Waals surface area contributed by atoms with Crippen LogP contribution in [0.5, 0.6) is 0 Å². The third-order valence-corrected chi connectivity index (χ3v) is 9.12. The number of thiocarbonyl (C=S) groups is 1. The van der Waals surface area contributed by atoms with Crippen molar-refractivity contribution in [3.05, 3.63) is 52.6 Å². The Kier molecular flexibility index (Phi) is 8.70. The lowest BCUT2D eigenvalue weighted by Crippen LogP contribution is -2.62. The molecule has 0 N–H and O–H groups in total. The summed E-state index contributed by atoms with van der Waals surface area (Å²) >= 11 is 6.72. The van der Waals surface area contributed by atoms with E-state index in [4.69, 9.17) is 35.9 Å². The van der Waals surface area contributed by atoms with Gasteiger partial charge in [0.25, 0.3) is 5.69 Å². The van der Waals surface area contributed by atoms with Crippen molar-refractivity contribution in [1.29, 1.82) is 0 Å². The molecular formula is C22H31NO7S2Si. The summed E-state index contributed by atoms with van der Waals surface area (Å²) in [6.07, 6.45) is -0.546. The van der Waals surface area contributed by atoms with Gasteiger partial charge in [0.2, 0.25) is 4.38 Å². The number of hydrogen-bond acceptors (Lipinski definition) is 9. The van der Waals surface area contributed by atoms with Gasteiger partial charge in [0.1, 0.15) is 17.6 Å². The van der Waals surface area contributed by atoms with Crippen molar-refractivity contribution in [2.75, 3.05) is 13.4 Å². The Labute approximate surface area is 205 Å². The first kappa shape index (κ1) is 26.3. The average molecular weight is 514 g/mol. The molecule has 182 valence electrons. The lowest BCUT2D eigenvalue weighted by molar-refractivity contribution is -0.386. The predicted molar refractivity (Wildman–Crippen MR) is 134 cm³/mol. The number of nitro groups is 1. The highest BCUT2D eigenvalue weighted by Crippen LogP contribution is 2.50. The molecule has 33 heavy (non-hydrogen) atoms. The molecule has 11 heteroatoms. The molecule has 2 saturated heterocycles. The second kappa shape index (κ2) is 10.9. The van der Waals surface area contributed by atoms with Crippen LogP contribution < -0.4 is 0 Å². The minimum atomic E-state index is -1.23. The Hall–Kier alpha value is -1.34. The third-order valence-electron chi connectivity index (χ3n) is 5.72. The summed E-state index contributed by atoms with van der Waals surface area (Å²) in [5.41, 5.74) is 0.435. The van der Waals surface area contributed by atoms with Gasteiger partial charge in [-0.25, -0.2) is 0 Å². The third kappa shape index (κ3) is 6.21. The standard InChI is InChI=1S/C22H31NO7S2Si/c1-6-22-15(2)29-20(27-13-16-9-7-8-10-17(16)23(24)25)18(19(22)30-21(31)32-22)28-14-26-11-12-33(3,4)5/h6-10,15,18-20H,1,11-14H2,2-5H3/t15-,18-,19-,20-,22+/m1/s1. The zero-order valence-electron chi connectivity index (χ0n) is 19.4. The molecule has 0 bridgehead atoms. The molecule has 2 aliphatic heterocycles. The van der Waals surface area contributed by atoms with Crippen molar-refractivity contribution in [3.8, 4) is 0 Å². The van der Waals surface area contributed by atoms with Crippen LogP contribution in [0.15, 0.2) is 36.9 Å². The van der Waals surface area contributed by atoms with E-state index in [-0.39, 0.29) is 25.2 Å². The number of hydrogen-bond donors (Lipinski definition) is 0. The van der Waals surface area contributed by atoms with Crippen LogP contribution in [0.4, 0.5) is 5.69 Å². The fourth-order valence-electron chi connectivity index (χ4n) is 3.76. The number of nitro benzene ring substituents is 1. The largest absolute Gasteiger partial charge is 0.470 e. The van der Waals surface area contributed by atoms with Gasteiger partial charge < -0.3 is 23.7 Å². The lowest BCUT2D eigenvalue weighted by Gasteiger charge is -2.46. The fourth-order valence-corrected chi connectivity index (χ4v) is 6.10. The van der Waals surface area contributed by atoms with E-state index >= 15 is 0 Å². The summed E-state index contributed by atoms with van der Waals surface area (Å²) in [6, 6.07) is 7.47. The SMILES string of the molecule is C=C[C@@]12SC(=S)O[C@@H]1[C@@H](OCOCC[Si](C)(C)C)[C@H](OCc1ccccc1[N+](=O)[O-])O[C@@H]2C. The van der Waals surface area contributed by atoms with Gasteiger partial charge in [0.15, 0.2) is 12.4 Å². The second-order valence-electron chi connectivity index (χ2n) is 9.26. The first-order valence-electron chi connectivity index (χ1n) is 10.8. The molecule has 2 aliphatic rings. The van der Waals surface area contributed by atoms with Crippen molar-refractivity contribution in [2.45, 2.75) is 68.6 Å². The van der Waals surface area contributed by atoms with E-state index in [0.717, 1.165) is 6.04 Å². The molecule has 3 rings (SSSR count). The van der Waals surface area contributed by atoms with E-state index in [1.165, 1.54) is 17.8 Å². The molecule has 0 spiro atoms. The molecule has 0 amide bonds. The van der Waals surface area contributed by atoms with Crippen LogP contribution in [0.1, 0.15) is 12.5 Å². The number of thioether (sulfide) groups is 1. The quantitative estimate of drug-likeness (QED) is 0.0780. The van der Waals surface area contributed by atoms with Gasteiger partial charge in [-0.3, -0.25) is 10.1 Å². The van der Waals surface area contributed by atoms with Crippen LogP contribution in [0, 0.1) is 10.1 Å². The number of nitrogens with zero attached hydrogens (tertiary/aromatic N) is 1. The normalized spacial score (nSPS) is 29.4. The second-order valence-corrected chi connectivity index (χ2v) is 16.8. The summed E-state index contributed by atoms with van der Waals surface area (Å²) < 4.78 is 29.8. The van der Waals surface area contributed by atoms with Crippen LogP contribution >= 0.6 is 24.0 Å². The molecule has 2 fully saturated rings. The van der Waals surface area contributed by atoms with Gasteiger partial charge in [-0.2, -0.15) is 0 Å². The Morgan fingerprint density at radius 2 is 2.06 bits per heavy atom. The maximum Gasteiger partial charge on any atom is 0.274 e. The van der Waals surface area contributed by atoms with Gasteiger partial charge in [0, 0.05) is 20.7 Å². The van der Waals surface area contributed by atoms with E-state index in [2.05, 4.69) is 26.2 Å². The minimum absolute atomic E-state index is 0.0113. The van der Waals surface area contributed by atoms with Crippen molar-refractivity contribution in [3.63, 3.8) is 0 Å². The number of ether oxygens (including phenoxy) is 5. The first-order chi connectivity index (χ1) is 15.6. The molecule has 0 saturated carbocycles. The zero-order valence-corrected chi connectivity index (χ0v) is 22.0. The van der Waals surface area contributed by atoms with E-state index in [1.807, 2.05) is 6.92 Å². The topological polar surface area (TPSA) is 89.3 Å². The summed E-state index contributed by atoms with van der Waals surface area (Å²) in [4.78, 5) is 10.9. The maximum atomic E-state index is 11.4. The first-order valence-corrected chi connectivity index (χ1v) is 15.7. The number of fused-ring (bicyclic) bond motifs is 1. The molecule has 2 heterocycles. The van der Waals surface area contributed by atoms with Crippen molar-refractivity contribution in [1.82, 2.24) is 0 Å². The van der Waals surface area contributed by atoms with Gasteiger partial charge in [-0.1, -0.05) is 49.6 Å². The molecule has 5 atom stereocenters. The highest BCUT2D eigenvalue weighted by Gasteiger charge is 2.61. The molecule has 8 nitrogen and oxygen atoms in total. The monoisotopic (exact) mass is 513 g/mol. The maximum absolute atomic E-state index is 11.4. The van der Waals surface area contributed by atoms with Gasteiger partial charge in [0.05, 0.1) is 23.2 Å². The minimum Gasteiger partial charge on any atom is -0.470 e. The average Bonchev–Trinajstić information content (AvgIpc) is 3.11. The Balaban J connectivity index is 1.75. The fraction of sp³-hybridized carbons (Fsp3) is 0.591. The Morgan fingerprint density at radius 1 is 1.33 bits per heavy atom. The molecule has 0 aliphatic carbocycles. The summed E-state index contributed by atoms with van der Waals surface area (Å²) in [5.74, 6) is 0. The molecular weight excluding hydrogens is 482 g/mol. The van der Waals surface area contributed by atoms with Crippen LogP contribution in [-0.4, -0.2) is 60.1 Å². The van der Waals surface area contributed by atoms with Gasteiger partial charge in [-0.05, 0) is 31.3 Å². The summed E-state index contributed by atoms with van der Waals surface area (Å²) in [5, 5.41) is 11.4. The number of rotatable bonds is 11. The smallest absolute Gasteiger partial charge is 0.274 e. The summed E-state index contributed by atoms with van der Waals surface area (Å²) in [6.45, 7) is 13.4. The Bertz CT molecular complexity index is 881. The van der Waals surface area contributed by atoms with Crippen LogP contribution in [0.2, 0.25) is 25.7 Å². The Morgan fingerprint density at radius 3 is 2.73 bits per heavy atom. The molecule has 0 radical (unpaired) electrons. The van der Waals surface area contributed by atoms with Crippen molar-refractivity contribution in [2.24, 2.45) is 0 Å². The summed E-state index contributed by atoms with van der Waals surface area (Å²) in [7, 11) is -1.23. The van der Waals surface area contributed by atoms with Crippen LogP contribution in [-0.2, 0) is 30.3 Å². The molecule has 0 aromatic heterocycles. The predicted octanol–water partition coefficient (Wildman–Crippen LogP) is 4.90. The van der Waals surface area contributed by atoms with Crippen molar-refractivity contribution < 1.29 is 28.6 Å². The zero-order chi connectivity index (χ0) is 24.2. The highest BCUT2D eigenvalue weighted by atomic mass is 32.2. The van der Waals surface area contributed by atoms with E-state index < -0.39 is 36.2 Å². The number of para-hydroxylation sites is 1. The lowest BCUT2D eigenvalue weighted by atomic mass is 9.88. The van der Waals surface area contributed by atoms with Gasteiger partial charge in [-0.15, -0.1) is 6.58 Å². The molecule has 1 aromatic rings. The van der Waals surface area contributed by atoms with Crippen LogP contribution in [0.3, 0.4) is 0 Å². The highest BCUT2D eigenvalue weighted by molar-refractivity contribution is 8.24.